The van der Waals surface area contributed by atoms with E-state index in [0.717, 1.165) is 29.4 Å². The summed E-state index contributed by atoms with van der Waals surface area (Å²) in [4.78, 5) is 16.4. The normalized spacial score (nSPS) is 12.5. The topological polar surface area (TPSA) is 81.5 Å². The van der Waals surface area contributed by atoms with E-state index >= 15 is 4.39 Å². The number of alkyl halides is 3. The lowest BCUT2D eigenvalue weighted by Gasteiger charge is -2.24. The van der Waals surface area contributed by atoms with Crippen molar-refractivity contribution in [3.8, 4) is 11.3 Å². The smallest absolute Gasteiger partial charge is 0.434 e. The number of ether oxygens (including phenoxy) is 1. The average Bonchev–Trinajstić information content (AvgIpc) is 3.09. The van der Waals surface area contributed by atoms with Gasteiger partial charge in [0.05, 0.1) is 11.4 Å². The van der Waals surface area contributed by atoms with Crippen LogP contribution in [0.2, 0.25) is 0 Å². The molecule has 35 heavy (non-hydrogen) atoms. The van der Waals surface area contributed by atoms with Crippen molar-refractivity contribution in [2.45, 2.75) is 44.0 Å². The molecule has 12 heteroatoms. The highest BCUT2D eigenvalue weighted by Crippen LogP contribution is 2.39. The van der Waals surface area contributed by atoms with Gasteiger partial charge in [-0.2, -0.15) is 13.2 Å². The highest BCUT2D eigenvalue weighted by atomic mass is 32.2. The van der Waals surface area contributed by atoms with Gasteiger partial charge in [0, 0.05) is 30.6 Å². The van der Waals surface area contributed by atoms with Gasteiger partial charge in [-0.25, -0.2) is 21.6 Å². The van der Waals surface area contributed by atoms with E-state index in [1.54, 1.807) is 26.8 Å². The second-order valence-corrected chi connectivity index (χ2v) is 10.5. The Morgan fingerprint density at radius 2 is 1.71 bits per heavy atom. The molecular weight excluding hydrogens is 490 g/mol. The van der Waals surface area contributed by atoms with Crippen LogP contribution in [0, 0.1) is 5.82 Å². The maximum absolute atomic E-state index is 15.7. The van der Waals surface area contributed by atoms with Crippen LogP contribution in [0.4, 0.5) is 22.4 Å². The molecule has 0 bridgehead atoms. The van der Waals surface area contributed by atoms with Crippen molar-refractivity contribution >= 4 is 16.1 Å². The number of rotatable bonds is 5. The minimum absolute atomic E-state index is 0.263. The molecule has 0 atom stereocenters. The molecule has 0 saturated heterocycles. The molecule has 0 spiro atoms. The monoisotopic (exact) mass is 513 g/mol. The van der Waals surface area contributed by atoms with Crippen molar-refractivity contribution in [2.75, 3.05) is 7.05 Å². The molecule has 2 heterocycles. The van der Waals surface area contributed by atoms with Crippen LogP contribution in [0.15, 0.2) is 59.8 Å². The zero-order chi connectivity index (χ0) is 26.2. The minimum atomic E-state index is -4.98. The van der Waals surface area contributed by atoms with Crippen molar-refractivity contribution in [1.82, 2.24) is 13.9 Å². The predicted octanol–water partition coefficient (Wildman–Crippen LogP) is 5.31. The minimum Gasteiger partial charge on any atom is -0.444 e. The Bertz CT molecular complexity index is 1330. The molecule has 0 radical (unpaired) electrons. The van der Waals surface area contributed by atoms with Gasteiger partial charge < -0.3 is 9.64 Å². The Morgan fingerprint density at radius 1 is 1.09 bits per heavy atom. The lowest BCUT2D eigenvalue weighted by molar-refractivity contribution is -0.140. The number of aromatic nitrogens is 2. The maximum Gasteiger partial charge on any atom is 0.434 e. The molecule has 0 aliphatic heterocycles. The molecular formula is C23H23F4N3O4S. The largest absolute Gasteiger partial charge is 0.444 e. The Labute approximate surface area is 200 Å². The van der Waals surface area contributed by atoms with Crippen molar-refractivity contribution in [1.29, 1.82) is 0 Å². The summed E-state index contributed by atoms with van der Waals surface area (Å²) in [5.41, 5.74) is -4.24. The van der Waals surface area contributed by atoms with Gasteiger partial charge in [-0.1, -0.05) is 18.2 Å². The number of hydrogen-bond acceptors (Lipinski definition) is 5. The summed E-state index contributed by atoms with van der Waals surface area (Å²) in [6.45, 7) is 4.41. The van der Waals surface area contributed by atoms with Crippen LogP contribution >= 0.6 is 0 Å². The first kappa shape index (κ1) is 26.2. The fourth-order valence-corrected chi connectivity index (χ4v) is 4.65. The number of nitrogens with zero attached hydrogens (tertiary/aromatic N) is 3. The third kappa shape index (κ3) is 5.64. The van der Waals surface area contributed by atoms with E-state index in [2.05, 4.69) is 4.98 Å². The molecule has 7 nitrogen and oxygen atoms in total. The van der Waals surface area contributed by atoms with E-state index in [-0.39, 0.29) is 10.5 Å². The summed E-state index contributed by atoms with van der Waals surface area (Å²) in [5.74, 6) is -1.24. The molecule has 3 aromatic rings. The van der Waals surface area contributed by atoms with Crippen molar-refractivity contribution in [2.24, 2.45) is 0 Å². The van der Waals surface area contributed by atoms with Crippen LogP contribution in [-0.4, -0.2) is 41.0 Å². The molecule has 1 aromatic carbocycles. The number of halogens is 4. The lowest BCUT2D eigenvalue weighted by Crippen LogP contribution is -2.33. The van der Waals surface area contributed by atoms with Crippen LogP contribution < -0.4 is 0 Å². The first-order valence-electron chi connectivity index (χ1n) is 10.3. The average molecular weight is 514 g/mol. The van der Waals surface area contributed by atoms with Gasteiger partial charge in [0.25, 0.3) is 10.0 Å². The van der Waals surface area contributed by atoms with Crippen LogP contribution in [-0.2, 0) is 27.5 Å². The van der Waals surface area contributed by atoms with Crippen LogP contribution in [0.5, 0.6) is 0 Å². The molecule has 0 aliphatic carbocycles. The molecule has 1 amide bonds. The van der Waals surface area contributed by atoms with Gasteiger partial charge in [-0.3, -0.25) is 4.98 Å². The molecule has 188 valence electrons. The Morgan fingerprint density at radius 3 is 2.29 bits per heavy atom. The van der Waals surface area contributed by atoms with Crippen LogP contribution in [0.25, 0.3) is 11.3 Å². The van der Waals surface area contributed by atoms with Crippen molar-refractivity contribution in [3.63, 3.8) is 0 Å². The van der Waals surface area contributed by atoms with E-state index in [9.17, 15) is 26.4 Å². The van der Waals surface area contributed by atoms with Crippen LogP contribution in [0.3, 0.4) is 0 Å². The first-order valence-corrected chi connectivity index (χ1v) is 11.7. The number of hydrogen-bond donors (Lipinski definition) is 0. The van der Waals surface area contributed by atoms with Gasteiger partial charge in [-0.15, -0.1) is 0 Å². The van der Waals surface area contributed by atoms with Crippen molar-refractivity contribution < 1.29 is 35.5 Å². The summed E-state index contributed by atoms with van der Waals surface area (Å²) in [7, 11) is -3.23. The summed E-state index contributed by atoms with van der Waals surface area (Å²) in [6.07, 6.45) is -4.07. The Kier molecular flexibility index (Phi) is 6.98. The van der Waals surface area contributed by atoms with Crippen molar-refractivity contribution in [3.05, 3.63) is 71.9 Å². The number of carbonyl (C=O) groups excluding carboxylic acids is 1. The quantitative estimate of drug-likeness (QED) is 0.432. The fraction of sp³-hybridized carbons (Fsp3) is 0.304. The predicted molar refractivity (Wildman–Crippen MR) is 119 cm³/mol. The number of benzene rings is 1. The number of amides is 1. The van der Waals surface area contributed by atoms with E-state index in [1.165, 1.54) is 31.3 Å². The zero-order valence-electron chi connectivity index (χ0n) is 19.3. The fourth-order valence-electron chi connectivity index (χ4n) is 3.24. The lowest BCUT2D eigenvalue weighted by atomic mass is 10.1. The third-order valence-corrected chi connectivity index (χ3v) is 6.40. The molecule has 0 aliphatic rings. The number of carbonyl (C=O) groups is 1. The summed E-state index contributed by atoms with van der Waals surface area (Å²) < 4.78 is 89.1. The molecule has 0 unspecified atom stereocenters. The third-order valence-electron chi connectivity index (χ3n) is 4.73. The van der Waals surface area contributed by atoms with Gasteiger partial charge in [0.15, 0.2) is 11.5 Å². The summed E-state index contributed by atoms with van der Waals surface area (Å²) >= 11 is 0. The summed E-state index contributed by atoms with van der Waals surface area (Å²) in [6, 6.07) is 8.95. The van der Waals surface area contributed by atoms with Gasteiger partial charge >= 0.3 is 12.3 Å². The second kappa shape index (κ2) is 9.33. The highest BCUT2D eigenvalue weighted by Gasteiger charge is 2.38. The number of pyridine rings is 1. The molecule has 0 fully saturated rings. The van der Waals surface area contributed by atoms with Gasteiger partial charge in [0.2, 0.25) is 0 Å². The van der Waals surface area contributed by atoms with Gasteiger partial charge in [0.1, 0.15) is 11.3 Å². The van der Waals surface area contributed by atoms with Gasteiger partial charge in [-0.05, 0) is 45.0 Å². The first-order chi connectivity index (χ1) is 16.1. The van der Waals surface area contributed by atoms with E-state index < -0.39 is 57.2 Å². The highest BCUT2D eigenvalue weighted by molar-refractivity contribution is 7.90. The Hall–Kier alpha value is -3.41. The SMILES string of the molecule is CN(Cc1cn(S(=O)(=O)c2ccccc2)c(-c2cccnc2C(F)(F)F)c1F)C(=O)OC(C)(C)C. The molecule has 0 N–H and O–H groups in total. The second-order valence-electron chi connectivity index (χ2n) is 8.66. The standard InChI is InChI=1S/C23H23F4N3O4S/c1-22(2,3)34-21(31)29(4)13-15-14-30(35(32,33)16-9-6-5-7-10-16)19(18(15)24)17-11-8-12-28-20(17)23(25,26)27/h5-12,14H,13H2,1-4H3. The van der Waals surface area contributed by atoms with E-state index in [0.29, 0.717) is 3.97 Å². The summed E-state index contributed by atoms with van der Waals surface area (Å²) in [5, 5.41) is 0. The Balaban J connectivity index is 2.22. The van der Waals surface area contributed by atoms with E-state index in [4.69, 9.17) is 4.74 Å². The molecule has 2 aromatic heterocycles. The van der Waals surface area contributed by atoms with Crippen LogP contribution in [0.1, 0.15) is 32.0 Å². The zero-order valence-corrected chi connectivity index (χ0v) is 20.1. The molecule has 3 rings (SSSR count). The molecule has 0 saturated carbocycles. The van der Waals surface area contributed by atoms with E-state index in [1.807, 2.05) is 0 Å². The maximum atomic E-state index is 15.7.